The molecule has 9 unspecified atom stereocenters. The van der Waals surface area contributed by atoms with Crippen molar-refractivity contribution in [1.82, 2.24) is 5.32 Å². The molecule has 0 spiro atoms. The minimum Gasteiger partial charge on any atom is -0.394 e. The maximum atomic E-state index is 13.0. The number of aliphatic hydroxyl groups is 7. The molecule has 0 aromatic rings. The molecule has 1 amide bonds. The number of hydrogen-bond acceptors (Lipinski definition) is 10. The molecule has 1 heterocycles. The molecule has 1 rings (SSSR count). The van der Waals surface area contributed by atoms with Crippen molar-refractivity contribution in [3.63, 3.8) is 0 Å². The first-order valence-corrected chi connectivity index (χ1v) is 24.6. The van der Waals surface area contributed by atoms with Gasteiger partial charge in [-0.2, -0.15) is 0 Å². The standard InChI is InChI=1S/C48H93NO10/c1-3-5-7-9-11-13-14-15-16-17-18-19-20-21-22-23-24-25-26-27-28-30-31-33-35-40(51)43(53)39(38-58-48-46(56)45(55)44(54)42(37-50)59-48)49-47(57)41(52)36-34-32-29-12-10-8-6-4-2/h28,30,39-46,48,50-56H,3-27,29,31-38H2,1-2H3,(H,49,57)/b30-28+. The zero-order chi connectivity index (χ0) is 43.4. The lowest BCUT2D eigenvalue weighted by Gasteiger charge is -2.40. The summed E-state index contributed by atoms with van der Waals surface area (Å²) in [6.07, 6.45) is 30.2. The van der Waals surface area contributed by atoms with Crippen LogP contribution < -0.4 is 5.32 Å². The van der Waals surface area contributed by atoms with E-state index in [2.05, 4.69) is 31.3 Å². The van der Waals surface area contributed by atoms with Crippen LogP contribution in [0.2, 0.25) is 0 Å². The van der Waals surface area contributed by atoms with Crippen molar-refractivity contribution in [1.29, 1.82) is 0 Å². The SMILES string of the molecule is CCCCCCCCCCCCCCCCCCCCC/C=C/CCCC(O)C(O)C(COC1OC(CO)C(O)C(O)C1O)NC(=O)C(O)CCCCCCCCCC. The lowest BCUT2D eigenvalue weighted by atomic mass is 9.98. The first kappa shape index (κ1) is 55.9. The van der Waals surface area contributed by atoms with Crippen LogP contribution in [0.1, 0.15) is 219 Å². The van der Waals surface area contributed by atoms with Gasteiger partial charge in [-0.15, -0.1) is 0 Å². The van der Waals surface area contributed by atoms with Gasteiger partial charge in [0.1, 0.15) is 36.6 Å². The van der Waals surface area contributed by atoms with Gasteiger partial charge in [-0.05, 0) is 38.5 Å². The van der Waals surface area contributed by atoms with Crippen molar-refractivity contribution in [2.24, 2.45) is 0 Å². The molecule has 1 aliphatic rings. The summed E-state index contributed by atoms with van der Waals surface area (Å²) >= 11 is 0. The molecule has 9 atom stereocenters. The fourth-order valence-corrected chi connectivity index (χ4v) is 7.97. The highest BCUT2D eigenvalue weighted by Crippen LogP contribution is 2.23. The van der Waals surface area contributed by atoms with Crippen molar-refractivity contribution in [3.8, 4) is 0 Å². The second-order valence-corrected chi connectivity index (χ2v) is 17.5. The number of amides is 1. The monoisotopic (exact) mass is 844 g/mol. The van der Waals surface area contributed by atoms with Gasteiger partial charge in [0.15, 0.2) is 6.29 Å². The Bertz CT molecular complexity index is 970. The Morgan fingerprint density at radius 2 is 1.00 bits per heavy atom. The van der Waals surface area contributed by atoms with Gasteiger partial charge in [0.2, 0.25) is 5.91 Å². The summed E-state index contributed by atoms with van der Waals surface area (Å²) in [5, 5.41) is 75.5. The molecule has 11 nitrogen and oxygen atoms in total. The highest BCUT2D eigenvalue weighted by Gasteiger charge is 2.44. The topological polar surface area (TPSA) is 189 Å². The number of unbranched alkanes of at least 4 members (excludes halogenated alkanes) is 27. The third-order valence-electron chi connectivity index (χ3n) is 12.1. The van der Waals surface area contributed by atoms with Crippen molar-refractivity contribution in [2.45, 2.75) is 274 Å². The molecular formula is C48H93NO10. The van der Waals surface area contributed by atoms with E-state index in [0.29, 0.717) is 12.8 Å². The van der Waals surface area contributed by atoms with E-state index in [1.54, 1.807) is 0 Å². The first-order valence-electron chi connectivity index (χ1n) is 24.6. The van der Waals surface area contributed by atoms with Crippen LogP contribution >= 0.6 is 0 Å². The van der Waals surface area contributed by atoms with Gasteiger partial charge in [0.25, 0.3) is 0 Å². The van der Waals surface area contributed by atoms with Crippen molar-refractivity contribution >= 4 is 5.91 Å². The molecule has 8 N–H and O–H groups in total. The zero-order valence-corrected chi connectivity index (χ0v) is 37.7. The molecule has 0 saturated carbocycles. The zero-order valence-electron chi connectivity index (χ0n) is 37.7. The Balaban J connectivity index is 2.33. The lowest BCUT2D eigenvalue weighted by Crippen LogP contribution is -2.60. The van der Waals surface area contributed by atoms with Crippen LogP contribution in [-0.4, -0.2) is 110 Å². The number of carbonyl (C=O) groups excluding carboxylic acids is 1. The maximum absolute atomic E-state index is 13.0. The summed E-state index contributed by atoms with van der Waals surface area (Å²) in [6, 6.07) is -1.18. The van der Waals surface area contributed by atoms with Gasteiger partial charge in [-0.25, -0.2) is 0 Å². The number of allylic oxidation sites excluding steroid dienone is 2. The van der Waals surface area contributed by atoms with E-state index < -0.39 is 74.2 Å². The summed E-state index contributed by atoms with van der Waals surface area (Å²) in [5.74, 6) is -0.709. The fraction of sp³-hybridized carbons (Fsp3) is 0.938. The van der Waals surface area contributed by atoms with Gasteiger partial charge in [0, 0.05) is 0 Å². The summed E-state index contributed by atoms with van der Waals surface area (Å²) in [6.45, 7) is 3.39. The minimum absolute atomic E-state index is 0.256. The van der Waals surface area contributed by atoms with Crippen molar-refractivity contribution < 1.29 is 50.0 Å². The number of ether oxygens (including phenoxy) is 2. The quantitative estimate of drug-likeness (QED) is 0.0219. The Labute approximate surface area is 360 Å². The van der Waals surface area contributed by atoms with Crippen LogP contribution in [0.15, 0.2) is 12.2 Å². The first-order chi connectivity index (χ1) is 28.7. The molecule has 1 saturated heterocycles. The van der Waals surface area contributed by atoms with Crippen LogP contribution in [0.4, 0.5) is 0 Å². The molecule has 0 aromatic carbocycles. The predicted molar refractivity (Wildman–Crippen MR) is 238 cm³/mol. The minimum atomic E-state index is -1.66. The maximum Gasteiger partial charge on any atom is 0.249 e. The van der Waals surface area contributed by atoms with Gasteiger partial charge in [-0.1, -0.05) is 193 Å². The van der Waals surface area contributed by atoms with Gasteiger partial charge >= 0.3 is 0 Å². The van der Waals surface area contributed by atoms with Crippen molar-refractivity contribution in [3.05, 3.63) is 12.2 Å². The van der Waals surface area contributed by atoms with Crippen LogP contribution in [0, 0.1) is 0 Å². The van der Waals surface area contributed by atoms with Crippen LogP contribution in [0.25, 0.3) is 0 Å². The average Bonchev–Trinajstić information content (AvgIpc) is 3.23. The summed E-state index contributed by atoms with van der Waals surface area (Å²) in [7, 11) is 0. The van der Waals surface area contributed by atoms with Gasteiger partial charge in [-0.3, -0.25) is 4.79 Å². The summed E-state index contributed by atoms with van der Waals surface area (Å²) in [5.41, 5.74) is 0. The van der Waals surface area contributed by atoms with Gasteiger partial charge in [0.05, 0.1) is 25.4 Å². The van der Waals surface area contributed by atoms with E-state index in [4.69, 9.17) is 9.47 Å². The Morgan fingerprint density at radius 3 is 1.46 bits per heavy atom. The third-order valence-corrected chi connectivity index (χ3v) is 12.1. The Kier molecular flexibility index (Phi) is 36.5. The molecule has 0 aromatic heterocycles. The second kappa shape index (κ2) is 38.5. The number of aliphatic hydroxyl groups excluding tert-OH is 7. The average molecular weight is 844 g/mol. The number of hydrogen-bond donors (Lipinski definition) is 8. The predicted octanol–water partition coefficient (Wildman–Crippen LogP) is 8.45. The molecule has 1 aliphatic heterocycles. The van der Waals surface area contributed by atoms with E-state index in [9.17, 15) is 40.5 Å². The Morgan fingerprint density at radius 1 is 0.576 bits per heavy atom. The smallest absolute Gasteiger partial charge is 0.249 e. The third kappa shape index (κ3) is 28.2. The molecular weight excluding hydrogens is 751 g/mol. The van der Waals surface area contributed by atoms with Crippen molar-refractivity contribution in [2.75, 3.05) is 13.2 Å². The molecule has 0 radical (unpaired) electrons. The number of rotatable bonds is 41. The number of carbonyl (C=O) groups is 1. The van der Waals surface area contributed by atoms with E-state index in [0.717, 1.165) is 38.5 Å². The fourth-order valence-electron chi connectivity index (χ4n) is 7.97. The van der Waals surface area contributed by atoms with E-state index >= 15 is 0 Å². The highest BCUT2D eigenvalue weighted by molar-refractivity contribution is 5.80. The Hall–Kier alpha value is -1.15. The van der Waals surface area contributed by atoms with Crippen LogP contribution in [0.3, 0.4) is 0 Å². The summed E-state index contributed by atoms with van der Waals surface area (Å²) < 4.78 is 11.1. The molecule has 11 heteroatoms. The highest BCUT2D eigenvalue weighted by atomic mass is 16.7. The lowest BCUT2D eigenvalue weighted by molar-refractivity contribution is -0.303. The van der Waals surface area contributed by atoms with Gasteiger partial charge < -0.3 is 50.5 Å². The van der Waals surface area contributed by atoms with Crippen LogP contribution in [0.5, 0.6) is 0 Å². The van der Waals surface area contributed by atoms with E-state index in [1.807, 2.05) is 0 Å². The molecule has 0 aliphatic carbocycles. The molecule has 0 bridgehead atoms. The summed E-state index contributed by atoms with van der Waals surface area (Å²) in [4.78, 5) is 13.0. The van der Waals surface area contributed by atoms with Crippen LogP contribution in [-0.2, 0) is 14.3 Å². The second-order valence-electron chi connectivity index (χ2n) is 17.5. The molecule has 59 heavy (non-hydrogen) atoms. The van der Waals surface area contributed by atoms with E-state index in [-0.39, 0.29) is 12.8 Å². The normalized spacial score (nSPS) is 21.8. The molecule has 350 valence electrons. The molecule has 1 fully saturated rings. The largest absolute Gasteiger partial charge is 0.394 e. The number of nitrogens with one attached hydrogen (secondary N) is 1. The van der Waals surface area contributed by atoms with E-state index in [1.165, 1.54) is 141 Å².